The van der Waals surface area contributed by atoms with Crippen molar-refractivity contribution >= 4 is 11.9 Å². The molecule has 3 rings (SSSR count). The highest BCUT2D eigenvalue weighted by atomic mass is 16.5. The van der Waals surface area contributed by atoms with Gasteiger partial charge >= 0.3 is 5.97 Å². The van der Waals surface area contributed by atoms with E-state index in [1.54, 1.807) is 0 Å². The number of aliphatic carboxylic acids is 1. The minimum absolute atomic E-state index is 0.0434. The first kappa shape index (κ1) is 21.6. The molecule has 160 valence electrons. The summed E-state index contributed by atoms with van der Waals surface area (Å²) in [6.45, 7) is 8.57. The summed E-state index contributed by atoms with van der Waals surface area (Å²) in [5.74, 6) is -0.312. The summed E-state index contributed by atoms with van der Waals surface area (Å²) in [5, 5.41) is 9.04. The number of nitrogens with zero attached hydrogens (tertiary/aromatic N) is 2. The number of likely N-dealkylation sites (tertiary alicyclic amines) is 1. The number of hydrogen-bond donors (Lipinski definition) is 1. The Morgan fingerprint density at radius 3 is 2.69 bits per heavy atom. The molecule has 2 aliphatic rings. The molecule has 1 amide bonds. The second-order valence-corrected chi connectivity index (χ2v) is 9.03. The predicted octanol–water partition coefficient (Wildman–Crippen LogP) is 2.27. The number of carbonyl (C=O) groups is 2. The van der Waals surface area contributed by atoms with Crippen molar-refractivity contribution in [1.82, 2.24) is 9.80 Å². The molecule has 0 radical (unpaired) electrons. The van der Waals surface area contributed by atoms with Gasteiger partial charge in [-0.3, -0.25) is 9.69 Å². The van der Waals surface area contributed by atoms with Gasteiger partial charge in [0, 0.05) is 32.2 Å². The molecular formula is C22H32N2O5. The lowest BCUT2D eigenvalue weighted by Gasteiger charge is -2.37. The Labute approximate surface area is 172 Å². The average Bonchev–Trinajstić information content (AvgIpc) is 2.86. The molecule has 2 aliphatic heterocycles. The Bertz CT molecular complexity index is 758. The first-order valence-corrected chi connectivity index (χ1v) is 10.2. The first-order valence-electron chi connectivity index (χ1n) is 10.2. The number of ether oxygens (including phenoxy) is 2. The molecule has 2 heterocycles. The fraction of sp³-hybridized carbons (Fsp3) is 0.636. The van der Waals surface area contributed by atoms with Crippen molar-refractivity contribution in [3.63, 3.8) is 0 Å². The maximum Gasteiger partial charge on any atom is 0.341 e. The van der Waals surface area contributed by atoms with Crippen LogP contribution in [0.3, 0.4) is 0 Å². The van der Waals surface area contributed by atoms with E-state index in [-0.39, 0.29) is 36.7 Å². The zero-order valence-corrected chi connectivity index (χ0v) is 17.8. The Morgan fingerprint density at radius 1 is 1.28 bits per heavy atom. The number of carboxylic acids is 1. The molecule has 1 aromatic rings. The van der Waals surface area contributed by atoms with Crippen LogP contribution in [0.2, 0.25) is 0 Å². The molecule has 7 heteroatoms. The lowest BCUT2D eigenvalue weighted by atomic mass is 9.86. The van der Waals surface area contributed by atoms with Crippen LogP contribution in [-0.2, 0) is 26.3 Å². The number of likely N-dealkylation sites (N-methyl/N-ethyl adjacent to an activating group) is 1. The van der Waals surface area contributed by atoms with Crippen LogP contribution < -0.4 is 4.74 Å². The molecule has 29 heavy (non-hydrogen) atoms. The number of benzene rings is 1. The van der Waals surface area contributed by atoms with Crippen LogP contribution in [-0.4, -0.2) is 72.3 Å². The summed E-state index contributed by atoms with van der Waals surface area (Å²) in [4.78, 5) is 27.1. The highest BCUT2D eigenvalue weighted by Gasteiger charge is 2.36. The maximum atomic E-state index is 11.9. The standard InChI is InChI=1S/C22H32N2O5/c1-22(2,3)16-6-5-15(19(11-16)29-14-21(26)27)12-24-9-7-17-18(8-10-24)28-13-20(25)23(17)4/h5-6,11,17-18H,7-10,12-14H2,1-4H3,(H,26,27)/t17-,18-/m0/s1. The van der Waals surface area contributed by atoms with E-state index in [2.05, 4.69) is 31.7 Å². The van der Waals surface area contributed by atoms with Crippen LogP contribution in [0.1, 0.15) is 44.7 Å². The molecular weight excluding hydrogens is 372 g/mol. The van der Waals surface area contributed by atoms with Gasteiger partial charge in [0.25, 0.3) is 0 Å². The van der Waals surface area contributed by atoms with Crippen molar-refractivity contribution < 1.29 is 24.2 Å². The van der Waals surface area contributed by atoms with Crippen LogP contribution in [0, 0.1) is 0 Å². The van der Waals surface area contributed by atoms with E-state index in [0.717, 1.165) is 37.1 Å². The topological polar surface area (TPSA) is 79.3 Å². The Balaban J connectivity index is 1.74. The summed E-state index contributed by atoms with van der Waals surface area (Å²) in [5.41, 5.74) is 2.04. The van der Waals surface area contributed by atoms with Gasteiger partial charge in [-0.1, -0.05) is 32.9 Å². The van der Waals surface area contributed by atoms with Crippen LogP contribution in [0.5, 0.6) is 5.75 Å². The van der Waals surface area contributed by atoms with Gasteiger partial charge < -0.3 is 19.5 Å². The second-order valence-electron chi connectivity index (χ2n) is 9.03. The van der Waals surface area contributed by atoms with Gasteiger partial charge in [-0.2, -0.15) is 0 Å². The third-order valence-corrected chi connectivity index (χ3v) is 5.89. The molecule has 0 aliphatic carbocycles. The molecule has 2 atom stereocenters. The average molecular weight is 405 g/mol. The predicted molar refractivity (Wildman–Crippen MR) is 109 cm³/mol. The van der Waals surface area contributed by atoms with Crippen LogP contribution in [0.25, 0.3) is 0 Å². The quantitative estimate of drug-likeness (QED) is 0.811. The highest BCUT2D eigenvalue weighted by Crippen LogP contribution is 2.31. The first-order chi connectivity index (χ1) is 13.6. The number of carboxylic acid groups (broad SMARTS) is 1. The van der Waals surface area contributed by atoms with E-state index in [4.69, 9.17) is 14.6 Å². The number of hydrogen-bond acceptors (Lipinski definition) is 5. The summed E-state index contributed by atoms with van der Waals surface area (Å²) in [6, 6.07) is 6.22. The molecule has 0 unspecified atom stereocenters. The fourth-order valence-electron chi connectivity index (χ4n) is 4.04. The lowest BCUT2D eigenvalue weighted by Crippen LogP contribution is -2.52. The van der Waals surface area contributed by atoms with Gasteiger partial charge in [-0.05, 0) is 29.9 Å². The van der Waals surface area contributed by atoms with Gasteiger partial charge in [0.2, 0.25) is 5.91 Å². The highest BCUT2D eigenvalue weighted by molar-refractivity contribution is 5.78. The molecule has 1 N–H and O–H groups in total. The van der Waals surface area contributed by atoms with Gasteiger partial charge in [0.05, 0.1) is 12.1 Å². The molecule has 0 bridgehead atoms. The third kappa shape index (κ3) is 5.28. The van der Waals surface area contributed by atoms with E-state index < -0.39 is 5.97 Å². The zero-order chi connectivity index (χ0) is 21.2. The maximum absolute atomic E-state index is 11.9. The summed E-state index contributed by atoms with van der Waals surface area (Å²) >= 11 is 0. The molecule has 2 saturated heterocycles. The molecule has 0 saturated carbocycles. The van der Waals surface area contributed by atoms with Gasteiger partial charge in [0.15, 0.2) is 6.61 Å². The van der Waals surface area contributed by atoms with Crippen LogP contribution >= 0.6 is 0 Å². The number of rotatable bonds is 5. The van der Waals surface area contributed by atoms with Gasteiger partial charge in [-0.25, -0.2) is 4.79 Å². The van der Waals surface area contributed by atoms with Crippen molar-refractivity contribution in [2.45, 2.75) is 57.7 Å². The Kier molecular flexibility index (Phi) is 6.49. The van der Waals surface area contributed by atoms with Crippen LogP contribution in [0.15, 0.2) is 18.2 Å². The molecule has 0 spiro atoms. The zero-order valence-electron chi connectivity index (χ0n) is 17.8. The largest absolute Gasteiger partial charge is 0.482 e. The molecule has 0 aromatic heterocycles. The Morgan fingerprint density at radius 2 is 2.00 bits per heavy atom. The van der Waals surface area contributed by atoms with Crippen molar-refractivity contribution in [2.75, 3.05) is 33.4 Å². The minimum Gasteiger partial charge on any atom is -0.482 e. The third-order valence-electron chi connectivity index (χ3n) is 5.89. The van der Waals surface area contributed by atoms with E-state index in [0.29, 0.717) is 12.3 Å². The van der Waals surface area contributed by atoms with Crippen molar-refractivity contribution in [2.24, 2.45) is 0 Å². The van der Waals surface area contributed by atoms with E-state index in [1.165, 1.54) is 0 Å². The van der Waals surface area contributed by atoms with Crippen molar-refractivity contribution in [3.05, 3.63) is 29.3 Å². The monoisotopic (exact) mass is 404 g/mol. The van der Waals surface area contributed by atoms with Gasteiger partial charge in [-0.15, -0.1) is 0 Å². The van der Waals surface area contributed by atoms with Crippen molar-refractivity contribution in [1.29, 1.82) is 0 Å². The van der Waals surface area contributed by atoms with E-state index in [9.17, 15) is 9.59 Å². The SMILES string of the molecule is CN1C(=O)CO[C@H]2CCN(Cc3ccc(C(C)(C)C)cc3OCC(=O)O)CC[C@@H]21. The summed E-state index contributed by atoms with van der Waals surface area (Å²) in [7, 11) is 1.86. The van der Waals surface area contributed by atoms with Gasteiger partial charge in [0.1, 0.15) is 12.4 Å². The normalized spacial score (nSPS) is 23.4. The number of fused-ring (bicyclic) bond motifs is 1. The Hall–Kier alpha value is -2.12. The van der Waals surface area contributed by atoms with E-state index in [1.807, 2.05) is 24.1 Å². The second kappa shape index (κ2) is 8.71. The smallest absolute Gasteiger partial charge is 0.341 e. The number of amides is 1. The number of carbonyl (C=O) groups excluding carboxylic acids is 1. The van der Waals surface area contributed by atoms with Crippen LogP contribution in [0.4, 0.5) is 0 Å². The molecule has 1 aromatic carbocycles. The molecule has 7 nitrogen and oxygen atoms in total. The lowest BCUT2D eigenvalue weighted by molar-refractivity contribution is -0.154. The summed E-state index contributed by atoms with van der Waals surface area (Å²) < 4.78 is 11.4. The van der Waals surface area contributed by atoms with Crippen molar-refractivity contribution in [3.8, 4) is 5.75 Å². The number of morpholine rings is 1. The minimum atomic E-state index is -0.985. The molecule has 2 fully saturated rings. The fourth-order valence-corrected chi connectivity index (χ4v) is 4.04. The van der Waals surface area contributed by atoms with E-state index >= 15 is 0 Å². The summed E-state index contributed by atoms with van der Waals surface area (Å²) in [6.07, 6.45) is 1.81.